The van der Waals surface area contributed by atoms with Crippen LogP contribution in [-0.4, -0.2) is 25.3 Å². The molecule has 1 saturated carbocycles. The van der Waals surface area contributed by atoms with E-state index in [4.69, 9.17) is 0 Å². The second-order valence-corrected chi connectivity index (χ2v) is 9.54. The van der Waals surface area contributed by atoms with Crippen molar-refractivity contribution < 1.29 is 8.42 Å². The molecule has 0 N–H and O–H groups in total. The van der Waals surface area contributed by atoms with Gasteiger partial charge in [-0.25, -0.2) is 8.42 Å². The van der Waals surface area contributed by atoms with Gasteiger partial charge in [-0.2, -0.15) is 4.31 Å². The van der Waals surface area contributed by atoms with Crippen molar-refractivity contribution in [1.29, 1.82) is 0 Å². The molecule has 3 nitrogen and oxygen atoms in total. The van der Waals surface area contributed by atoms with Gasteiger partial charge in [0.1, 0.15) is 0 Å². The van der Waals surface area contributed by atoms with Crippen LogP contribution in [0.3, 0.4) is 0 Å². The van der Waals surface area contributed by atoms with E-state index in [-0.39, 0.29) is 11.5 Å². The van der Waals surface area contributed by atoms with Gasteiger partial charge >= 0.3 is 0 Å². The molecule has 0 amide bonds. The SMILES string of the molecule is CC1(C)CN(S(=O)(=O)c2ccccc2)[C@@H]2C1=C[C@H]1CC[C@@H]2C1. The first kappa shape index (κ1) is 14.5. The maximum Gasteiger partial charge on any atom is 0.243 e. The molecule has 0 radical (unpaired) electrons. The second kappa shape index (κ2) is 4.68. The van der Waals surface area contributed by atoms with E-state index in [1.807, 2.05) is 6.07 Å². The zero-order valence-corrected chi connectivity index (χ0v) is 14.0. The Morgan fingerprint density at radius 3 is 2.59 bits per heavy atom. The fraction of sp³-hybridized carbons (Fsp3) is 0.556. The Labute approximate surface area is 133 Å². The number of rotatable bonds is 2. The van der Waals surface area contributed by atoms with Gasteiger partial charge in [-0.1, -0.05) is 38.1 Å². The van der Waals surface area contributed by atoms with Gasteiger partial charge in [0.25, 0.3) is 0 Å². The molecule has 1 saturated heterocycles. The minimum absolute atomic E-state index is 0.0478. The molecule has 2 bridgehead atoms. The van der Waals surface area contributed by atoms with Crippen LogP contribution in [0.4, 0.5) is 0 Å². The van der Waals surface area contributed by atoms with Crippen LogP contribution in [0.5, 0.6) is 0 Å². The summed E-state index contributed by atoms with van der Waals surface area (Å²) in [5, 5.41) is 0. The number of sulfonamides is 1. The number of hydrogen-bond acceptors (Lipinski definition) is 2. The molecule has 1 heterocycles. The van der Waals surface area contributed by atoms with E-state index in [1.165, 1.54) is 12.0 Å². The monoisotopic (exact) mass is 317 g/mol. The maximum atomic E-state index is 13.2. The minimum atomic E-state index is -3.41. The molecule has 0 unspecified atom stereocenters. The smallest absolute Gasteiger partial charge is 0.207 e. The van der Waals surface area contributed by atoms with Crippen LogP contribution in [0.15, 0.2) is 46.9 Å². The number of hydrogen-bond donors (Lipinski definition) is 0. The average Bonchev–Trinajstić information content (AvgIpc) is 3.00. The van der Waals surface area contributed by atoms with E-state index in [1.54, 1.807) is 28.6 Å². The van der Waals surface area contributed by atoms with Gasteiger partial charge in [-0.15, -0.1) is 0 Å². The van der Waals surface area contributed by atoms with E-state index in [9.17, 15) is 8.42 Å². The van der Waals surface area contributed by atoms with Gasteiger partial charge in [0.2, 0.25) is 10.0 Å². The summed E-state index contributed by atoms with van der Waals surface area (Å²) in [5.41, 5.74) is 1.32. The standard InChI is InChI=1S/C18H23NO2S/c1-18(2)12-19(22(20,21)15-6-4-3-5-7-15)17-14-9-8-13(10-14)11-16(17)18/h3-7,11,13-14,17H,8-10,12H2,1-2H3/t13-,14+,17-/m0/s1. The molecule has 3 atom stereocenters. The zero-order chi connectivity index (χ0) is 15.5. The fourth-order valence-electron chi connectivity index (χ4n) is 4.66. The van der Waals surface area contributed by atoms with Crippen molar-refractivity contribution in [3.8, 4) is 0 Å². The molecule has 118 valence electrons. The molecule has 4 rings (SSSR count). The van der Waals surface area contributed by atoms with E-state index in [0.717, 1.165) is 12.8 Å². The van der Waals surface area contributed by atoms with Gasteiger partial charge in [-0.05, 0) is 48.8 Å². The number of benzene rings is 1. The third-order valence-corrected chi connectivity index (χ3v) is 7.53. The van der Waals surface area contributed by atoms with Crippen molar-refractivity contribution in [1.82, 2.24) is 4.31 Å². The van der Waals surface area contributed by atoms with E-state index < -0.39 is 10.0 Å². The number of nitrogens with zero attached hydrogens (tertiary/aromatic N) is 1. The van der Waals surface area contributed by atoms with Gasteiger partial charge in [0.15, 0.2) is 0 Å². The first-order valence-corrected chi connectivity index (χ1v) is 9.63. The third-order valence-electron chi connectivity index (χ3n) is 5.69. The summed E-state index contributed by atoms with van der Waals surface area (Å²) in [6.45, 7) is 4.98. The highest BCUT2D eigenvalue weighted by Gasteiger charge is 2.53. The Morgan fingerprint density at radius 2 is 1.86 bits per heavy atom. The molecule has 1 aromatic carbocycles. The number of allylic oxidation sites excluding steroid dienone is 1. The van der Waals surface area contributed by atoms with E-state index in [0.29, 0.717) is 23.3 Å². The van der Waals surface area contributed by atoms with Crippen molar-refractivity contribution >= 4 is 10.0 Å². The molecule has 3 aliphatic rings. The highest BCUT2D eigenvalue weighted by Crippen LogP contribution is 2.53. The third kappa shape index (κ3) is 2.00. The van der Waals surface area contributed by atoms with Crippen LogP contribution in [0.1, 0.15) is 33.1 Å². The van der Waals surface area contributed by atoms with Crippen molar-refractivity contribution in [2.75, 3.05) is 6.54 Å². The summed E-state index contributed by atoms with van der Waals surface area (Å²) in [6.07, 6.45) is 5.94. The molecule has 1 aromatic rings. The Hall–Kier alpha value is -1.13. The Morgan fingerprint density at radius 1 is 1.14 bits per heavy atom. The van der Waals surface area contributed by atoms with Crippen LogP contribution < -0.4 is 0 Å². The van der Waals surface area contributed by atoms with Crippen LogP contribution in [0, 0.1) is 17.3 Å². The fourth-order valence-corrected chi connectivity index (χ4v) is 6.50. The summed E-state index contributed by atoms with van der Waals surface area (Å²) in [5.74, 6) is 1.18. The van der Waals surface area contributed by atoms with E-state index in [2.05, 4.69) is 19.9 Å². The summed E-state index contributed by atoms with van der Waals surface area (Å²) in [4.78, 5) is 0.423. The molecule has 4 heteroatoms. The first-order chi connectivity index (χ1) is 10.4. The van der Waals surface area contributed by atoms with Gasteiger partial charge in [0, 0.05) is 18.0 Å². The predicted octanol–water partition coefficient (Wildman–Crippen LogP) is 3.44. The molecular weight excluding hydrogens is 294 g/mol. The van der Waals surface area contributed by atoms with Crippen molar-refractivity contribution in [2.24, 2.45) is 17.3 Å². The van der Waals surface area contributed by atoms with Gasteiger partial charge in [0.05, 0.1) is 4.90 Å². The summed E-state index contributed by atoms with van der Waals surface area (Å²) >= 11 is 0. The quantitative estimate of drug-likeness (QED) is 0.784. The van der Waals surface area contributed by atoms with E-state index >= 15 is 0 Å². The normalized spacial score (nSPS) is 33.5. The molecule has 1 aliphatic heterocycles. The lowest BCUT2D eigenvalue weighted by Gasteiger charge is -2.32. The van der Waals surface area contributed by atoms with Crippen molar-refractivity contribution in [2.45, 2.75) is 44.0 Å². The second-order valence-electron chi connectivity index (χ2n) is 7.65. The van der Waals surface area contributed by atoms with Crippen molar-refractivity contribution in [3.05, 3.63) is 42.0 Å². The highest BCUT2D eigenvalue weighted by molar-refractivity contribution is 7.89. The Balaban J connectivity index is 1.80. The molecule has 2 fully saturated rings. The molecule has 2 aliphatic carbocycles. The van der Waals surface area contributed by atoms with Crippen LogP contribution in [0.2, 0.25) is 0 Å². The predicted molar refractivity (Wildman–Crippen MR) is 86.8 cm³/mol. The average molecular weight is 317 g/mol. The van der Waals surface area contributed by atoms with Crippen LogP contribution in [-0.2, 0) is 10.0 Å². The zero-order valence-electron chi connectivity index (χ0n) is 13.2. The Kier molecular flexibility index (Phi) is 3.08. The van der Waals surface area contributed by atoms with Crippen LogP contribution in [0.25, 0.3) is 0 Å². The molecule has 22 heavy (non-hydrogen) atoms. The molecule has 0 aromatic heterocycles. The van der Waals surface area contributed by atoms with Crippen LogP contribution >= 0.6 is 0 Å². The van der Waals surface area contributed by atoms with Gasteiger partial charge < -0.3 is 0 Å². The highest BCUT2D eigenvalue weighted by atomic mass is 32.2. The largest absolute Gasteiger partial charge is 0.243 e. The summed E-state index contributed by atoms with van der Waals surface area (Å²) in [6, 6.07) is 8.97. The molecular formula is C18H23NO2S. The molecule has 0 spiro atoms. The first-order valence-electron chi connectivity index (χ1n) is 8.19. The minimum Gasteiger partial charge on any atom is -0.207 e. The summed E-state index contributed by atoms with van der Waals surface area (Å²) in [7, 11) is -3.41. The summed E-state index contributed by atoms with van der Waals surface area (Å²) < 4.78 is 28.1. The topological polar surface area (TPSA) is 37.4 Å². The lowest BCUT2D eigenvalue weighted by Crippen LogP contribution is -2.41. The lowest BCUT2D eigenvalue weighted by molar-refractivity contribution is 0.298. The lowest BCUT2D eigenvalue weighted by atomic mass is 9.76. The van der Waals surface area contributed by atoms with Crippen molar-refractivity contribution in [3.63, 3.8) is 0 Å². The Bertz CT molecular complexity index is 721. The maximum absolute atomic E-state index is 13.2. The number of fused-ring (bicyclic) bond motifs is 4. The van der Waals surface area contributed by atoms with Gasteiger partial charge in [-0.3, -0.25) is 0 Å².